The molecule has 0 saturated carbocycles. The molecule has 2 aromatic rings. The van der Waals surface area contributed by atoms with Crippen LogP contribution in [0.4, 0.5) is 5.69 Å². The maximum Gasteiger partial charge on any atom is 0.338 e. The first kappa shape index (κ1) is 19.8. The zero-order valence-electron chi connectivity index (χ0n) is 15.2. The molecule has 0 radical (unpaired) electrons. The van der Waals surface area contributed by atoms with Gasteiger partial charge in [0.15, 0.2) is 6.61 Å². The first-order valence-corrected chi connectivity index (χ1v) is 9.55. The number of para-hydroxylation sites is 1. The summed E-state index contributed by atoms with van der Waals surface area (Å²) in [4.78, 5) is 25.0. The van der Waals surface area contributed by atoms with Gasteiger partial charge in [0.1, 0.15) is 5.75 Å². The number of amides is 1. The van der Waals surface area contributed by atoms with Crippen molar-refractivity contribution >= 4 is 29.3 Å². The fraction of sp³-hybridized carbons (Fsp3) is 0.300. The van der Waals surface area contributed by atoms with Crippen LogP contribution in [0, 0.1) is 5.92 Å². The van der Waals surface area contributed by atoms with Crippen LogP contribution in [0.15, 0.2) is 53.4 Å². The van der Waals surface area contributed by atoms with Crippen LogP contribution in [0.1, 0.15) is 24.2 Å². The minimum Gasteiger partial charge on any atom is -0.493 e. The Morgan fingerprint density at radius 1 is 1.08 bits per heavy atom. The lowest BCUT2D eigenvalue weighted by molar-refractivity contribution is -0.119. The molecule has 0 atom stereocenters. The molecule has 1 amide bonds. The lowest BCUT2D eigenvalue weighted by atomic mass is 10.2. The lowest BCUT2D eigenvalue weighted by Crippen LogP contribution is -2.21. The van der Waals surface area contributed by atoms with E-state index in [2.05, 4.69) is 19.2 Å². The average Bonchev–Trinajstić information content (AvgIpc) is 2.65. The van der Waals surface area contributed by atoms with Crippen LogP contribution in [0.25, 0.3) is 0 Å². The van der Waals surface area contributed by atoms with Crippen molar-refractivity contribution in [3.63, 3.8) is 0 Å². The monoisotopic (exact) mass is 373 g/mol. The highest BCUT2D eigenvalue weighted by atomic mass is 32.2. The van der Waals surface area contributed by atoms with Gasteiger partial charge in [0, 0.05) is 4.90 Å². The molecule has 0 spiro atoms. The third-order valence-corrected chi connectivity index (χ3v) is 4.18. The Kier molecular flexibility index (Phi) is 7.53. The molecular formula is C20H23NO4S. The van der Waals surface area contributed by atoms with Crippen LogP contribution in [-0.4, -0.2) is 31.3 Å². The molecule has 26 heavy (non-hydrogen) atoms. The van der Waals surface area contributed by atoms with Crippen molar-refractivity contribution in [2.45, 2.75) is 18.7 Å². The second-order valence-corrected chi connectivity index (χ2v) is 6.90. The standard InChI is InChI=1S/C20H23NO4S/c1-14(2)12-24-16-10-8-15(9-11-16)20(23)25-13-19(22)21-17-6-4-5-7-18(17)26-3/h4-11,14H,12-13H2,1-3H3,(H,21,22). The first-order chi connectivity index (χ1) is 12.5. The number of carbonyl (C=O) groups excluding carboxylic acids is 2. The van der Waals surface area contributed by atoms with E-state index in [1.165, 1.54) is 11.8 Å². The van der Waals surface area contributed by atoms with Crippen LogP contribution in [0.5, 0.6) is 5.75 Å². The molecule has 0 aliphatic carbocycles. The molecule has 0 saturated heterocycles. The highest BCUT2D eigenvalue weighted by Gasteiger charge is 2.12. The van der Waals surface area contributed by atoms with E-state index in [-0.39, 0.29) is 12.5 Å². The molecule has 6 heteroatoms. The zero-order valence-corrected chi connectivity index (χ0v) is 16.0. The summed E-state index contributed by atoms with van der Waals surface area (Å²) < 4.78 is 10.6. The quantitative estimate of drug-likeness (QED) is 0.554. The van der Waals surface area contributed by atoms with Gasteiger partial charge >= 0.3 is 5.97 Å². The van der Waals surface area contributed by atoms with Gasteiger partial charge in [0.25, 0.3) is 5.91 Å². The van der Waals surface area contributed by atoms with Crippen molar-refractivity contribution in [3.8, 4) is 5.75 Å². The molecule has 0 aromatic heterocycles. The Morgan fingerprint density at radius 2 is 1.77 bits per heavy atom. The van der Waals surface area contributed by atoms with Gasteiger partial charge in [0.2, 0.25) is 0 Å². The lowest BCUT2D eigenvalue weighted by Gasteiger charge is -2.10. The van der Waals surface area contributed by atoms with Crippen LogP contribution in [0.3, 0.4) is 0 Å². The Bertz CT molecular complexity index is 744. The van der Waals surface area contributed by atoms with E-state index in [1.54, 1.807) is 30.3 Å². The highest BCUT2D eigenvalue weighted by molar-refractivity contribution is 7.98. The van der Waals surface area contributed by atoms with Crippen molar-refractivity contribution in [2.75, 3.05) is 24.8 Å². The SMILES string of the molecule is CSc1ccccc1NC(=O)COC(=O)c1ccc(OCC(C)C)cc1. The summed E-state index contributed by atoms with van der Waals surface area (Å²) in [6.45, 7) is 4.40. The molecule has 0 bridgehead atoms. The van der Waals surface area contributed by atoms with Gasteiger partial charge in [0.05, 0.1) is 17.9 Å². The summed E-state index contributed by atoms with van der Waals surface area (Å²) in [5.41, 5.74) is 1.08. The summed E-state index contributed by atoms with van der Waals surface area (Å²) >= 11 is 1.53. The summed E-state index contributed by atoms with van der Waals surface area (Å²) in [6.07, 6.45) is 1.93. The molecule has 1 N–H and O–H groups in total. The number of hydrogen-bond acceptors (Lipinski definition) is 5. The van der Waals surface area contributed by atoms with Gasteiger partial charge in [-0.05, 0) is 48.6 Å². The predicted molar refractivity (Wildman–Crippen MR) is 104 cm³/mol. The average molecular weight is 373 g/mol. The zero-order chi connectivity index (χ0) is 18.9. The van der Waals surface area contributed by atoms with Gasteiger partial charge in [-0.15, -0.1) is 11.8 Å². The number of benzene rings is 2. The molecule has 0 heterocycles. The van der Waals surface area contributed by atoms with Crippen LogP contribution < -0.4 is 10.1 Å². The molecule has 138 valence electrons. The third kappa shape index (κ3) is 6.11. The Labute approximate surface area is 158 Å². The van der Waals surface area contributed by atoms with E-state index >= 15 is 0 Å². The summed E-state index contributed by atoms with van der Waals surface area (Å²) in [5, 5.41) is 2.75. The molecular weight excluding hydrogens is 350 g/mol. The van der Waals surface area contributed by atoms with Crippen molar-refractivity contribution in [1.82, 2.24) is 0 Å². The first-order valence-electron chi connectivity index (χ1n) is 8.32. The van der Waals surface area contributed by atoms with E-state index in [1.807, 2.05) is 24.5 Å². The van der Waals surface area contributed by atoms with Crippen molar-refractivity contribution in [3.05, 3.63) is 54.1 Å². The number of anilines is 1. The predicted octanol–water partition coefficient (Wildman–Crippen LogP) is 4.24. The normalized spacial score (nSPS) is 10.5. The second kappa shape index (κ2) is 9.87. The van der Waals surface area contributed by atoms with Gasteiger partial charge in [-0.25, -0.2) is 4.79 Å². The topological polar surface area (TPSA) is 64.6 Å². The second-order valence-electron chi connectivity index (χ2n) is 6.05. The molecule has 0 aliphatic rings. The van der Waals surface area contributed by atoms with Gasteiger partial charge in [-0.2, -0.15) is 0 Å². The number of esters is 1. The molecule has 0 fully saturated rings. The third-order valence-electron chi connectivity index (χ3n) is 3.39. The number of hydrogen-bond donors (Lipinski definition) is 1. The minimum absolute atomic E-state index is 0.340. The van der Waals surface area contributed by atoms with E-state index in [0.717, 1.165) is 4.90 Å². The summed E-state index contributed by atoms with van der Waals surface area (Å²) in [7, 11) is 0. The number of ether oxygens (including phenoxy) is 2. The fourth-order valence-electron chi connectivity index (χ4n) is 2.10. The Morgan fingerprint density at radius 3 is 2.42 bits per heavy atom. The van der Waals surface area contributed by atoms with E-state index in [0.29, 0.717) is 29.5 Å². The van der Waals surface area contributed by atoms with Gasteiger partial charge in [-0.3, -0.25) is 4.79 Å². The van der Waals surface area contributed by atoms with E-state index < -0.39 is 5.97 Å². The summed E-state index contributed by atoms with van der Waals surface area (Å²) in [6, 6.07) is 14.1. The maximum atomic E-state index is 12.1. The Hall–Kier alpha value is -2.47. The van der Waals surface area contributed by atoms with Gasteiger partial charge < -0.3 is 14.8 Å². The number of rotatable bonds is 8. The maximum absolute atomic E-state index is 12.1. The van der Waals surface area contributed by atoms with Crippen LogP contribution >= 0.6 is 11.8 Å². The van der Waals surface area contributed by atoms with E-state index in [9.17, 15) is 9.59 Å². The number of carbonyl (C=O) groups is 2. The van der Waals surface area contributed by atoms with Crippen LogP contribution in [0.2, 0.25) is 0 Å². The molecule has 2 aromatic carbocycles. The number of nitrogens with one attached hydrogen (secondary N) is 1. The molecule has 0 unspecified atom stereocenters. The highest BCUT2D eigenvalue weighted by Crippen LogP contribution is 2.24. The minimum atomic E-state index is -0.547. The Balaban J connectivity index is 1.85. The molecule has 5 nitrogen and oxygen atoms in total. The fourth-order valence-corrected chi connectivity index (χ4v) is 2.65. The molecule has 2 rings (SSSR count). The number of thioether (sulfide) groups is 1. The van der Waals surface area contributed by atoms with E-state index in [4.69, 9.17) is 9.47 Å². The van der Waals surface area contributed by atoms with Gasteiger partial charge in [-0.1, -0.05) is 26.0 Å². The van der Waals surface area contributed by atoms with Crippen LogP contribution in [-0.2, 0) is 9.53 Å². The van der Waals surface area contributed by atoms with Crippen molar-refractivity contribution < 1.29 is 19.1 Å². The van der Waals surface area contributed by atoms with Crippen molar-refractivity contribution in [2.24, 2.45) is 5.92 Å². The largest absolute Gasteiger partial charge is 0.493 e. The smallest absolute Gasteiger partial charge is 0.338 e. The van der Waals surface area contributed by atoms with Crippen molar-refractivity contribution in [1.29, 1.82) is 0 Å². The molecule has 0 aliphatic heterocycles. The summed E-state index contributed by atoms with van der Waals surface area (Å²) in [5.74, 6) is 0.196.